The fourth-order valence-corrected chi connectivity index (χ4v) is 6.30. The maximum Gasteiger partial charge on any atom is 0.173 e. The number of nitrogens with one attached hydrogen (secondary N) is 12. The second-order valence-corrected chi connectivity index (χ2v) is 26.3. The molecule has 0 saturated carbocycles. The molecule has 0 aromatic carbocycles. The van der Waals surface area contributed by atoms with Gasteiger partial charge < -0.3 is 58.5 Å². The van der Waals surface area contributed by atoms with Crippen LogP contribution in [0.4, 0.5) is 0 Å². The minimum absolute atomic E-state index is 0. The van der Waals surface area contributed by atoms with Crippen molar-refractivity contribution in [3.63, 3.8) is 0 Å². The zero-order chi connectivity index (χ0) is 74.4. The summed E-state index contributed by atoms with van der Waals surface area (Å²) in [5, 5.41) is 44.6. The smallest absolute Gasteiger partial charge is 0.173 e. The van der Waals surface area contributed by atoms with Crippen LogP contribution in [-0.4, -0.2) is 67.5 Å². The molecule has 0 atom stereocenters. The molecule has 0 aromatic heterocycles. The third-order valence-electron chi connectivity index (χ3n) is 11.1. The number of aliphatic imine (C=N–C) groups is 6. The molecule has 98 heavy (non-hydrogen) atoms. The highest BCUT2D eigenvalue weighted by Gasteiger charge is 2.12. The molecule has 21 heteroatoms. The van der Waals surface area contributed by atoms with Gasteiger partial charge in [0, 0.05) is 144 Å². The van der Waals surface area contributed by atoms with Crippen molar-refractivity contribution in [3.05, 3.63) is 197 Å². The molecule has 9 aliphatic heterocycles. The number of rotatable bonds is 6. The van der Waals surface area contributed by atoms with E-state index in [0.717, 1.165) is 132 Å². The van der Waals surface area contributed by atoms with Crippen LogP contribution in [0, 0.1) is 53.3 Å². The maximum absolute atomic E-state index is 4.33. The normalized spacial score (nSPS) is 16.5. The summed E-state index contributed by atoms with van der Waals surface area (Å²) < 4.78 is 0. The van der Waals surface area contributed by atoms with Crippen LogP contribution in [0.2, 0.25) is 0 Å². The molecule has 12 N–H and O–H groups in total. The van der Waals surface area contributed by atoms with Gasteiger partial charge in [0.15, 0.2) is 11.7 Å². The lowest BCUT2D eigenvalue weighted by molar-refractivity contribution is 0.702. The molecule has 9 heterocycles. The van der Waals surface area contributed by atoms with E-state index in [2.05, 4.69) is 307 Å². The second kappa shape index (κ2) is 57.9. The molecule has 0 bridgehead atoms. The molecule has 21 nitrogen and oxygen atoms in total. The molecular weight excluding hydrogens is 1220 g/mol. The summed E-state index contributed by atoms with van der Waals surface area (Å²) in [6.07, 6.45) is 26.6. The summed E-state index contributed by atoms with van der Waals surface area (Å²) in [6.45, 7) is 85.1. The number of allylic oxidation sites excluding steroid dienone is 6. The van der Waals surface area contributed by atoms with E-state index in [4.69, 9.17) is 0 Å². The lowest BCUT2D eigenvalue weighted by atomic mass is 10.0. The van der Waals surface area contributed by atoms with E-state index in [1.165, 1.54) is 5.71 Å². The summed E-state index contributed by atoms with van der Waals surface area (Å²) in [4.78, 5) is 25.2. The summed E-state index contributed by atoms with van der Waals surface area (Å²) in [7, 11) is 0. The highest BCUT2D eigenvalue weighted by atomic mass is 15.4. The van der Waals surface area contributed by atoms with Gasteiger partial charge in [-0.1, -0.05) is 231 Å². The lowest BCUT2D eigenvalue weighted by Crippen LogP contribution is -2.39. The van der Waals surface area contributed by atoms with Gasteiger partial charge >= 0.3 is 0 Å². The van der Waals surface area contributed by atoms with Crippen LogP contribution < -0.4 is 63.9 Å². The Kier molecular flexibility index (Phi) is 56.2. The first-order valence-electron chi connectivity index (χ1n) is 33.7. The van der Waals surface area contributed by atoms with Crippen molar-refractivity contribution in [1.29, 1.82) is 0 Å². The fourth-order valence-electron chi connectivity index (χ4n) is 6.30. The van der Waals surface area contributed by atoms with Crippen molar-refractivity contribution in [2.75, 3.05) is 26.4 Å². The zero-order valence-corrected chi connectivity index (χ0v) is 63.7. The van der Waals surface area contributed by atoms with Gasteiger partial charge in [-0.25, -0.2) is 4.99 Å². The highest BCUT2D eigenvalue weighted by molar-refractivity contribution is 5.89. The van der Waals surface area contributed by atoms with Crippen molar-refractivity contribution < 1.29 is 0 Å². The first-order chi connectivity index (χ1) is 45.5. The van der Waals surface area contributed by atoms with Gasteiger partial charge in [0.1, 0.15) is 30.0 Å². The van der Waals surface area contributed by atoms with Crippen LogP contribution in [-0.2, 0) is 0 Å². The van der Waals surface area contributed by atoms with Crippen LogP contribution >= 0.6 is 0 Å². The molecule has 0 radical (unpaired) electrons. The predicted octanol–water partition coefficient (Wildman–Crippen LogP) is 16.6. The number of hydrazone groups is 1. The van der Waals surface area contributed by atoms with Crippen molar-refractivity contribution in [2.24, 2.45) is 98.5 Å². The average Bonchev–Trinajstić information content (AvgIpc) is 1.72. The summed E-state index contributed by atoms with van der Waals surface area (Å²) in [5.74, 6) is 12.1. The quantitative estimate of drug-likeness (QED) is 0.119. The number of amidine groups is 5. The Labute approximate surface area is 596 Å². The summed E-state index contributed by atoms with van der Waals surface area (Å²) in [5.41, 5.74) is 10.6. The minimum atomic E-state index is 0. The van der Waals surface area contributed by atoms with Gasteiger partial charge in [-0.15, -0.1) is 10.2 Å². The monoisotopic (exact) mass is 1350 g/mol. The SMILES string of the molecule is C.C=C1C=CCN=C(C(C)C)N1.C=C1C=CNC(=C)N1.C=C1C=CNCN1.C=C1C=NC=CN1.C=C1CC(C(C)C)=NC=CN1.C=C1CC=CN=C(C(C)C)N1.C=C1CCN=C(C(C)C)N1.C=C1N=NC(C(C)C)=NN1.C=C1NCN=C(C(C)C)N1.CC(C)C.CC(C)C.CC(C)C. The molecule has 9 rings (SSSR count). The van der Waals surface area contributed by atoms with E-state index in [-0.39, 0.29) is 7.43 Å². The van der Waals surface area contributed by atoms with Gasteiger partial charge in [0.25, 0.3) is 0 Å². The van der Waals surface area contributed by atoms with E-state index in [1.54, 1.807) is 31.0 Å². The largest absolute Gasteiger partial charge is 0.374 e. The lowest BCUT2D eigenvalue weighted by Gasteiger charge is -2.20. The Bertz CT molecular complexity index is 2780. The fraction of sp³-hybridized carbons (Fsp3) is 0.494. The molecule has 0 amide bonds. The highest BCUT2D eigenvalue weighted by Crippen LogP contribution is 2.11. The van der Waals surface area contributed by atoms with Gasteiger partial charge in [-0.2, -0.15) is 5.10 Å². The third-order valence-corrected chi connectivity index (χ3v) is 11.1. The molecule has 548 valence electrons. The standard InChI is InChI=1S/3C9H14N2.C8H14N2.C7H13N3.C6H10N4.C6H8N2.C5H6N2.C5H8N2.3C4H10.CH4/c1-7(2)9-6-8(3)10-4-5-11-9;2*1-7(2)9-10-6-4-5-8(3)11-9;1-6(2)8-9-5-4-7(3)10-8;1-5(2)7-9-4-8-6(3)10-7;1-4(2)6-9-7-5(3)8-10-6;1-5-3-4-7-6(2)8-5;1-5-4-6-2-3-7-5;1-5-2-3-6-4-7-5;3*1-4(2)3;/h4-5,7,10H,3,6H2,1-2H3;4,6-7H,3,5H2,1-2H3,(H,10,11);4-5,7H,3,6H2,1-2H3,(H,10,11);6H,3-5H2,1-2H3,(H,9,10);5,8H,3-4H2,1-2H3,(H,9,10);4,7H,3H2,1-2H3;3-4,7-8H,1-2H2;2-4,7H,1H2;2-3,6-7H,1,4H2;3*4H,1-3H3;1H4. The van der Waals surface area contributed by atoms with Crippen LogP contribution in [0.25, 0.3) is 0 Å². The number of azo groups is 1. The molecule has 0 saturated heterocycles. The van der Waals surface area contributed by atoms with E-state index in [9.17, 15) is 0 Å². The molecule has 0 fully saturated rings. The van der Waals surface area contributed by atoms with E-state index in [1.807, 2.05) is 62.8 Å². The Balaban J connectivity index is -0.000000498. The Morgan fingerprint density at radius 1 is 0.429 bits per heavy atom. The van der Waals surface area contributed by atoms with Gasteiger partial charge in [-0.3, -0.25) is 30.4 Å². The van der Waals surface area contributed by atoms with Crippen molar-refractivity contribution in [1.82, 2.24) is 63.9 Å². The topological polar surface area (TPSA) is 256 Å². The van der Waals surface area contributed by atoms with Crippen LogP contribution in [0.5, 0.6) is 0 Å². The maximum atomic E-state index is 4.33. The third kappa shape index (κ3) is 59.2. The second-order valence-electron chi connectivity index (χ2n) is 26.3. The first kappa shape index (κ1) is 95.1. The Hall–Kier alpha value is -9.27. The van der Waals surface area contributed by atoms with E-state index in [0.29, 0.717) is 53.8 Å². The molecule has 0 aliphatic carbocycles. The van der Waals surface area contributed by atoms with E-state index >= 15 is 0 Å². The molecule has 0 unspecified atom stereocenters. The average molecular weight is 1360 g/mol. The van der Waals surface area contributed by atoms with Crippen molar-refractivity contribution in [3.8, 4) is 0 Å². The Morgan fingerprint density at radius 2 is 0.980 bits per heavy atom. The Morgan fingerprint density at radius 3 is 1.39 bits per heavy atom. The number of hydrogen-bond donors (Lipinski definition) is 12. The van der Waals surface area contributed by atoms with Crippen LogP contribution in [0.3, 0.4) is 0 Å². The molecule has 0 aromatic rings. The number of hydrogen-bond acceptors (Lipinski definition) is 21. The van der Waals surface area contributed by atoms with Gasteiger partial charge in [0.05, 0.1) is 24.9 Å². The van der Waals surface area contributed by atoms with Crippen molar-refractivity contribution in [2.45, 2.75) is 172 Å². The van der Waals surface area contributed by atoms with Gasteiger partial charge in [-0.05, 0) is 48.1 Å². The van der Waals surface area contributed by atoms with Crippen LogP contribution in [0.15, 0.2) is 242 Å². The predicted molar refractivity (Wildman–Crippen MR) is 432 cm³/mol. The molecular formula is C77H135N21. The minimum Gasteiger partial charge on any atom is -0.374 e. The summed E-state index contributed by atoms with van der Waals surface area (Å²) >= 11 is 0. The zero-order valence-electron chi connectivity index (χ0n) is 63.7. The molecule has 0 spiro atoms. The van der Waals surface area contributed by atoms with E-state index < -0.39 is 0 Å². The molecule has 9 aliphatic rings. The summed E-state index contributed by atoms with van der Waals surface area (Å²) in [6, 6.07) is 0. The van der Waals surface area contributed by atoms with Gasteiger partial charge in [0.2, 0.25) is 0 Å². The van der Waals surface area contributed by atoms with Crippen LogP contribution in [0.1, 0.15) is 172 Å². The first-order valence-corrected chi connectivity index (χ1v) is 33.7. The van der Waals surface area contributed by atoms with Crippen molar-refractivity contribution >= 4 is 41.1 Å². The number of nitrogens with zero attached hydrogens (tertiary/aromatic N) is 9.